The molecular formula is C14H17N5O2. The summed E-state index contributed by atoms with van der Waals surface area (Å²) in [5.74, 6) is 0.501. The van der Waals surface area contributed by atoms with Crippen LogP contribution in [0.5, 0.6) is 0 Å². The molecule has 0 saturated heterocycles. The average molecular weight is 287 g/mol. The second-order valence-corrected chi connectivity index (χ2v) is 4.74. The Bertz CT molecular complexity index is 642. The fourth-order valence-corrected chi connectivity index (χ4v) is 2.04. The first-order valence-electron chi connectivity index (χ1n) is 6.46. The fraction of sp³-hybridized carbons (Fsp3) is 0.286. The minimum absolute atomic E-state index is 0.116. The van der Waals surface area contributed by atoms with Gasteiger partial charge in [-0.25, -0.2) is 9.97 Å². The number of nitrogens with zero attached hydrogens (tertiary/aromatic N) is 4. The molecule has 0 spiro atoms. The van der Waals surface area contributed by atoms with Crippen molar-refractivity contribution in [3.05, 3.63) is 51.8 Å². The van der Waals surface area contributed by atoms with E-state index in [9.17, 15) is 10.1 Å². The van der Waals surface area contributed by atoms with Gasteiger partial charge in [0, 0.05) is 20.6 Å². The van der Waals surface area contributed by atoms with Gasteiger partial charge in [-0.15, -0.1) is 0 Å². The summed E-state index contributed by atoms with van der Waals surface area (Å²) in [6.07, 6.45) is 1.32. The van der Waals surface area contributed by atoms with Crippen molar-refractivity contribution in [3.63, 3.8) is 0 Å². The lowest BCUT2D eigenvalue weighted by Crippen LogP contribution is -2.20. The first-order chi connectivity index (χ1) is 10.0. The Hall–Kier alpha value is -2.70. The summed E-state index contributed by atoms with van der Waals surface area (Å²) in [6, 6.07) is 8.02. The van der Waals surface area contributed by atoms with Gasteiger partial charge in [0.15, 0.2) is 0 Å². The molecular weight excluding hydrogens is 270 g/mol. The van der Waals surface area contributed by atoms with Crippen LogP contribution in [0.4, 0.5) is 17.3 Å². The Kier molecular flexibility index (Phi) is 4.32. The molecule has 2 rings (SSSR count). The number of hydrogen-bond acceptors (Lipinski definition) is 6. The molecule has 21 heavy (non-hydrogen) atoms. The minimum atomic E-state index is -0.465. The van der Waals surface area contributed by atoms with Gasteiger partial charge in [0.1, 0.15) is 6.33 Å². The maximum Gasteiger partial charge on any atom is 0.353 e. The lowest BCUT2D eigenvalue weighted by atomic mass is 10.1. The third kappa shape index (κ3) is 3.25. The maximum atomic E-state index is 11.3. The molecule has 7 nitrogen and oxygen atoms in total. The molecule has 0 bridgehead atoms. The third-order valence-electron chi connectivity index (χ3n) is 3.12. The highest BCUT2D eigenvalue weighted by atomic mass is 16.6. The normalized spacial score (nSPS) is 10.2. The number of nitrogens with one attached hydrogen (secondary N) is 1. The summed E-state index contributed by atoms with van der Waals surface area (Å²) >= 11 is 0. The Morgan fingerprint density at radius 2 is 1.95 bits per heavy atom. The molecule has 2 aromatic rings. The minimum Gasteiger partial charge on any atom is -0.367 e. The van der Waals surface area contributed by atoms with E-state index in [0.717, 1.165) is 5.56 Å². The van der Waals surface area contributed by atoms with E-state index < -0.39 is 4.92 Å². The topological polar surface area (TPSA) is 84.2 Å². The van der Waals surface area contributed by atoms with Gasteiger partial charge in [-0.2, -0.15) is 0 Å². The van der Waals surface area contributed by atoms with E-state index in [2.05, 4.69) is 15.3 Å². The standard InChI is InChI=1S/C14H17N5O2/c1-10-4-6-11(7-5-10)8-18(3)14-12(19(20)21)13(15-2)16-9-17-14/h4-7,9H,8H2,1-3H3,(H,15,16,17). The number of benzene rings is 1. The van der Waals surface area contributed by atoms with Crippen LogP contribution in [0.25, 0.3) is 0 Å². The van der Waals surface area contributed by atoms with Crippen LogP contribution in [0.3, 0.4) is 0 Å². The fourth-order valence-electron chi connectivity index (χ4n) is 2.04. The first-order valence-corrected chi connectivity index (χ1v) is 6.46. The number of hydrogen-bond donors (Lipinski definition) is 1. The van der Waals surface area contributed by atoms with E-state index in [1.165, 1.54) is 11.9 Å². The molecule has 0 fully saturated rings. The van der Waals surface area contributed by atoms with E-state index in [0.29, 0.717) is 12.4 Å². The van der Waals surface area contributed by atoms with Crippen LogP contribution in [0, 0.1) is 17.0 Å². The quantitative estimate of drug-likeness (QED) is 0.671. The SMILES string of the molecule is CNc1ncnc(N(C)Cc2ccc(C)cc2)c1[N+](=O)[O-]. The number of aryl methyl sites for hydroxylation is 1. The molecule has 1 N–H and O–H groups in total. The molecule has 1 heterocycles. The smallest absolute Gasteiger partial charge is 0.353 e. The number of nitro groups is 1. The molecule has 0 aliphatic rings. The van der Waals surface area contributed by atoms with Crippen LogP contribution in [-0.4, -0.2) is 29.0 Å². The Labute approximate surface area is 122 Å². The van der Waals surface area contributed by atoms with Gasteiger partial charge in [-0.3, -0.25) is 10.1 Å². The van der Waals surface area contributed by atoms with E-state index >= 15 is 0 Å². The molecule has 1 aromatic heterocycles. The summed E-state index contributed by atoms with van der Waals surface area (Å²) in [5.41, 5.74) is 2.11. The largest absolute Gasteiger partial charge is 0.367 e. The summed E-state index contributed by atoms with van der Waals surface area (Å²) < 4.78 is 0. The van der Waals surface area contributed by atoms with Gasteiger partial charge in [-0.1, -0.05) is 29.8 Å². The van der Waals surface area contributed by atoms with E-state index in [1.807, 2.05) is 31.2 Å². The lowest BCUT2D eigenvalue weighted by Gasteiger charge is -2.18. The Morgan fingerprint density at radius 1 is 1.29 bits per heavy atom. The van der Waals surface area contributed by atoms with Gasteiger partial charge < -0.3 is 10.2 Å². The molecule has 110 valence electrons. The van der Waals surface area contributed by atoms with Crippen LogP contribution < -0.4 is 10.2 Å². The predicted molar refractivity (Wildman–Crippen MR) is 81.5 cm³/mol. The molecule has 1 aromatic carbocycles. The molecule has 0 aliphatic heterocycles. The van der Waals surface area contributed by atoms with E-state index in [1.54, 1.807) is 19.0 Å². The highest BCUT2D eigenvalue weighted by Crippen LogP contribution is 2.31. The van der Waals surface area contributed by atoms with Crippen LogP contribution in [-0.2, 0) is 6.54 Å². The van der Waals surface area contributed by atoms with Crippen molar-refractivity contribution < 1.29 is 4.92 Å². The van der Waals surface area contributed by atoms with Gasteiger partial charge in [0.25, 0.3) is 0 Å². The number of rotatable bonds is 5. The molecule has 7 heteroatoms. The molecule has 0 saturated carbocycles. The second-order valence-electron chi connectivity index (χ2n) is 4.74. The number of aromatic nitrogens is 2. The maximum absolute atomic E-state index is 11.3. The third-order valence-corrected chi connectivity index (χ3v) is 3.12. The van der Waals surface area contributed by atoms with Crippen molar-refractivity contribution >= 4 is 17.3 Å². The van der Waals surface area contributed by atoms with Crippen molar-refractivity contribution in [2.75, 3.05) is 24.3 Å². The zero-order chi connectivity index (χ0) is 15.4. The first kappa shape index (κ1) is 14.7. The monoisotopic (exact) mass is 287 g/mol. The van der Waals surface area contributed by atoms with Crippen LogP contribution in [0.15, 0.2) is 30.6 Å². The summed E-state index contributed by atoms with van der Waals surface area (Å²) in [7, 11) is 3.37. The van der Waals surface area contributed by atoms with E-state index in [4.69, 9.17) is 0 Å². The predicted octanol–water partition coefficient (Wildman–Crippen LogP) is 2.37. The van der Waals surface area contributed by atoms with Crippen molar-refractivity contribution in [2.45, 2.75) is 13.5 Å². The van der Waals surface area contributed by atoms with Crippen molar-refractivity contribution in [1.29, 1.82) is 0 Å². The van der Waals surface area contributed by atoms with E-state index in [-0.39, 0.29) is 11.5 Å². The lowest BCUT2D eigenvalue weighted by molar-refractivity contribution is -0.383. The van der Waals surface area contributed by atoms with Gasteiger partial charge >= 0.3 is 5.69 Å². The zero-order valence-corrected chi connectivity index (χ0v) is 12.2. The molecule has 0 radical (unpaired) electrons. The summed E-state index contributed by atoms with van der Waals surface area (Å²) in [5, 5.41) is 14.0. The van der Waals surface area contributed by atoms with Crippen LogP contribution in [0.2, 0.25) is 0 Å². The van der Waals surface area contributed by atoms with Crippen molar-refractivity contribution in [1.82, 2.24) is 9.97 Å². The van der Waals surface area contributed by atoms with Gasteiger partial charge in [0.2, 0.25) is 11.6 Å². The van der Waals surface area contributed by atoms with Crippen LogP contribution >= 0.6 is 0 Å². The second kappa shape index (κ2) is 6.17. The highest BCUT2D eigenvalue weighted by Gasteiger charge is 2.24. The van der Waals surface area contributed by atoms with Crippen molar-refractivity contribution in [3.8, 4) is 0 Å². The number of anilines is 2. The summed E-state index contributed by atoms with van der Waals surface area (Å²) in [4.78, 5) is 20.5. The Balaban J connectivity index is 2.32. The molecule has 0 unspecified atom stereocenters. The van der Waals surface area contributed by atoms with Gasteiger partial charge in [-0.05, 0) is 12.5 Å². The average Bonchev–Trinajstić information content (AvgIpc) is 2.48. The molecule has 0 aliphatic carbocycles. The zero-order valence-electron chi connectivity index (χ0n) is 12.2. The van der Waals surface area contributed by atoms with Crippen LogP contribution in [0.1, 0.15) is 11.1 Å². The van der Waals surface area contributed by atoms with Crippen molar-refractivity contribution in [2.24, 2.45) is 0 Å². The summed E-state index contributed by atoms with van der Waals surface area (Å²) in [6.45, 7) is 2.54. The Morgan fingerprint density at radius 3 is 2.52 bits per heavy atom. The highest BCUT2D eigenvalue weighted by molar-refractivity contribution is 5.69. The molecule has 0 atom stereocenters. The molecule has 0 amide bonds. The van der Waals surface area contributed by atoms with Gasteiger partial charge in [0.05, 0.1) is 4.92 Å².